The van der Waals surface area contributed by atoms with Gasteiger partial charge in [0.15, 0.2) is 0 Å². The monoisotopic (exact) mass is 269 g/mol. The molecule has 2 heterocycles. The van der Waals surface area contributed by atoms with Gasteiger partial charge in [0.25, 0.3) is 0 Å². The van der Waals surface area contributed by atoms with E-state index >= 15 is 0 Å². The lowest BCUT2D eigenvalue weighted by Crippen LogP contribution is -2.61. The third kappa shape index (κ3) is 2.34. The van der Waals surface area contributed by atoms with Crippen LogP contribution in [0.5, 0.6) is 0 Å². The van der Waals surface area contributed by atoms with E-state index in [1.165, 1.54) is 0 Å². The van der Waals surface area contributed by atoms with Crippen LogP contribution in [0.25, 0.3) is 0 Å². The van der Waals surface area contributed by atoms with Crippen molar-refractivity contribution in [3.8, 4) is 0 Å². The normalized spacial score (nSPS) is 27.7. The van der Waals surface area contributed by atoms with E-state index in [1.807, 2.05) is 13.8 Å². The summed E-state index contributed by atoms with van der Waals surface area (Å²) in [7, 11) is 0. The van der Waals surface area contributed by atoms with Crippen LogP contribution in [0.3, 0.4) is 0 Å². The lowest BCUT2D eigenvalue weighted by molar-refractivity contribution is -0.145. The Kier molecular flexibility index (Phi) is 3.82. The van der Waals surface area contributed by atoms with Crippen molar-refractivity contribution in [2.24, 2.45) is 11.7 Å². The van der Waals surface area contributed by atoms with Gasteiger partial charge in [0.1, 0.15) is 11.7 Å². The van der Waals surface area contributed by atoms with Crippen LogP contribution < -0.4 is 11.1 Å². The second-order valence-electron chi connectivity index (χ2n) is 5.82. The van der Waals surface area contributed by atoms with E-state index < -0.39 is 17.7 Å². The molecule has 19 heavy (non-hydrogen) atoms. The zero-order valence-corrected chi connectivity index (χ0v) is 11.8. The zero-order chi connectivity index (χ0) is 14.2. The number of nitrogens with one attached hydrogen (secondary N) is 1. The van der Waals surface area contributed by atoms with Crippen LogP contribution >= 0.6 is 0 Å². The lowest BCUT2D eigenvalue weighted by atomic mass is 9.96. The van der Waals surface area contributed by atoms with Crippen molar-refractivity contribution in [3.63, 3.8) is 0 Å². The maximum Gasteiger partial charge on any atom is 0.244 e. The van der Waals surface area contributed by atoms with Gasteiger partial charge in [-0.15, -0.1) is 0 Å². The fourth-order valence-electron chi connectivity index (χ4n) is 2.99. The smallest absolute Gasteiger partial charge is 0.244 e. The molecule has 0 aromatic heterocycles. The van der Waals surface area contributed by atoms with Crippen molar-refractivity contribution in [2.75, 3.05) is 13.2 Å². The molecule has 0 radical (unpaired) electrons. The Bertz CT molecular complexity index is 375. The molecule has 2 saturated heterocycles. The standard InChI is InChI=1S/C13H23N3O3/c1-8(2)10-11(17)15-13(4-6-19-7-5-13)16(10)12(18)9(3)14/h8-10H,4-7,14H2,1-3H3,(H,15,17). The first-order chi connectivity index (χ1) is 8.89. The third-order valence-corrected chi connectivity index (χ3v) is 3.94. The Labute approximate surface area is 113 Å². The van der Waals surface area contributed by atoms with Crippen LogP contribution in [-0.2, 0) is 14.3 Å². The van der Waals surface area contributed by atoms with Crippen molar-refractivity contribution in [3.05, 3.63) is 0 Å². The highest BCUT2D eigenvalue weighted by atomic mass is 16.5. The summed E-state index contributed by atoms with van der Waals surface area (Å²) < 4.78 is 5.36. The maximum atomic E-state index is 12.4. The van der Waals surface area contributed by atoms with Crippen LogP contribution in [0.4, 0.5) is 0 Å². The number of carbonyl (C=O) groups excluding carboxylic acids is 2. The van der Waals surface area contributed by atoms with Crippen molar-refractivity contribution >= 4 is 11.8 Å². The van der Waals surface area contributed by atoms with Crippen LogP contribution in [0.1, 0.15) is 33.6 Å². The first-order valence-electron chi connectivity index (χ1n) is 6.87. The number of ether oxygens (including phenoxy) is 1. The van der Waals surface area contributed by atoms with Crippen LogP contribution in [0, 0.1) is 5.92 Å². The van der Waals surface area contributed by atoms with Gasteiger partial charge in [-0.05, 0) is 12.8 Å². The number of hydrogen-bond acceptors (Lipinski definition) is 4. The molecule has 108 valence electrons. The molecule has 0 aromatic rings. The Hall–Kier alpha value is -1.14. The van der Waals surface area contributed by atoms with Gasteiger partial charge in [-0.2, -0.15) is 0 Å². The number of nitrogens with two attached hydrogens (primary N) is 1. The predicted octanol–water partition coefficient (Wildman–Crippen LogP) is -0.177. The second kappa shape index (κ2) is 5.09. The molecule has 2 rings (SSSR count). The van der Waals surface area contributed by atoms with Gasteiger partial charge < -0.3 is 20.7 Å². The largest absolute Gasteiger partial charge is 0.381 e. The molecule has 2 amide bonds. The molecule has 0 aliphatic carbocycles. The summed E-state index contributed by atoms with van der Waals surface area (Å²) >= 11 is 0. The molecule has 6 nitrogen and oxygen atoms in total. The number of hydrogen-bond donors (Lipinski definition) is 2. The molecule has 0 aromatic carbocycles. The molecule has 2 fully saturated rings. The van der Waals surface area contributed by atoms with Crippen LogP contribution in [0.2, 0.25) is 0 Å². The summed E-state index contributed by atoms with van der Waals surface area (Å²) in [6.45, 7) is 6.66. The summed E-state index contributed by atoms with van der Waals surface area (Å²) in [5, 5.41) is 3.02. The van der Waals surface area contributed by atoms with E-state index in [0.717, 1.165) is 0 Å². The maximum absolute atomic E-state index is 12.4. The molecule has 1 spiro atoms. The first kappa shape index (κ1) is 14.3. The Morgan fingerprint density at radius 2 is 2.00 bits per heavy atom. The SMILES string of the molecule is CC(N)C(=O)N1C(C(C)C)C(=O)NC12CCOCC2. The number of nitrogens with zero attached hydrogens (tertiary/aromatic N) is 1. The predicted molar refractivity (Wildman–Crippen MR) is 70.0 cm³/mol. The molecule has 6 heteroatoms. The molecule has 2 aliphatic heterocycles. The molecule has 2 aliphatic rings. The van der Waals surface area contributed by atoms with Gasteiger partial charge in [-0.1, -0.05) is 13.8 Å². The zero-order valence-electron chi connectivity index (χ0n) is 11.8. The summed E-state index contributed by atoms with van der Waals surface area (Å²) in [5.41, 5.74) is 5.15. The molecular formula is C13H23N3O3. The first-order valence-corrected chi connectivity index (χ1v) is 6.87. The summed E-state index contributed by atoms with van der Waals surface area (Å²) in [5.74, 6) is -0.185. The summed E-state index contributed by atoms with van der Waals surface area (Å²) in [6, 6.07) is -1.04. The van der Waals surface area contributed by atoms with E-state index in [4.69, 9.17) is 10.5 Å². The molecule has 2 unspecified atom stereocenters. The molecule has 2 atom stereocenters. The average molecular weight is 269 g/mol. The number of carbonyl (C=O) groups is 2. The van der Waals surface area contributed by atoms with Gasteiger partial charge >= 0.3 is 0 Å². The highest BCUT2D eigenvalue weighted by Crippen LogP contribution is 2.35. The van der Waals surface area contributed by atoms with E-state index in [0.29, 0.717) is 26.1 Å². The minimum absolute atomic E-state index is 0.0601. The molecule has 0 saturated carbocycles. The Morgan fingerprint density at radius 1 is 1.42 bits per heavy atom. The van der Waals surface area contributed by atoms with Crippen LogP contribution in [0.15, 0.2) is 0 Å². The van der Waals surface area contributed by atoms with Gasteiger partial charge in [0, 0.05) is 12.8 Å². The Morgan fingerprint density at radius 3 is 2.47 bits per heavy atom. The fraction of sp³-hybridized carbons (Fsp3) is 0.846. The highest BCUT2D eigenvalue weighted by Gasteiger charge is 2.54. The minimum Gasteiger partial charge on any atom is -0.381 e. The van der Waals surface area contributed by atoms with Crippen LogP contribution in [-0.4, -0.2) is 47.7 Å². The van der Waals surface area contributed by atoms with Crippen molar-refractivity contribution < 1.29 is 14.3 Å². The third-order valence-electron chi connectivity index (χ3n) is 3.94. The fourth-order valence-corrected chi connectivity index (χ4v) is 2.99. The lowest BCUT2D eigenvalue weighted by Gasteiger charge is -2.43. The number of rotatable bonds is 2. The van der Waals surface area contributed by atoms with E-state index in [1.54, 1.807) is 11.8 Å². The van der Waals surface area contributed by atoms with Gasteiger partial charge in [0.2, 0.25) is 11.8 Å². The molecule has 3 N–H and O–H groups in total. The van der Waals surface area contributed by atoms with E-state index in [-0.39, 0.29) is 17.7 Å². The highest BCUT2D eigenvalue weighted by molar-refractivity contribution is 5.94. The summed E-state index contributed by atoms with van der Waals surface area (Å²) in [6.07, 6.45) is 1.25. The van der Waals surface area contributed by atoms with Crippen molar-refractivity contribution in [1.29, 1.82) is 0 Å². The number of amides is 2. The summed E-state index contributed by atoms with van der Waals surface area (Å²) in [4.78, 5) is 26.4. The van der Waals surface area contributed by atoms with Gasteiger partial charge in [-0.25, -0.2) is 0 Å². The topological polar surface area (TPSA) is 84.7 Å². The van der Waals surface area contributed by atoms with Crippen molar-refractivity contribution in [2.45, 2.75) is 51.4 Å². The molecular weight excluding hydrogens is 246 g/mol. The molecule has 0 bridgehead atoms. The van der Waals surface area contributed by atoms with Crippen molar-refractivity contribution in [1.82, 2.24) is 10.2 Å². The quantitative estimate of drug-likeness (QED) is 0.728. The van der Waals surface area contributed by atoms with Gasteiger partial charge in [-0.3, -0.25) is 9.59 Å². The van der Waals surface area contributed by atoms with Gasteiger partial charge in [0.05, 0.1) is 19.3 Å². The minimum atomic E-state index is -0.603. The van der Waals surface area contributed by atoms with E-state index in [2.05, 4.69) is 5.32 Å². The second-order valence-corrected chi connectivity index (χ2v) is 5.82. The Balaban J connectivity index is 2.37. The van der Waals surface area contributed by atoms with E-state index in [9.17, 15) is 9.59 Å². The average Bonchev–Trinajstić information content (AvgIpc) is 2.61.